The number of nitrogens with zero attached hydrogens (tertiary/aromatic N) is 3. The summed E-state index contributed by atoms with van der Waals surface area (Å²) < 4.78 is 28.2. The number of piperidine rings is 1. The standard InChI is InChI=1S/C24H28ClN3O3S/c1-16-5-10-21-19(14-16)20-15-26(2)13-11-22(20)28(21)24(29)23-4-3-12-27(23)32(30,31)18-8-6-17(25)7-9-18/h5-10,14,20,22-23H,3-4,11-13,15H2,1-2H3/t20-,22+,23-/m0/s1. The van der Waals surface area contributed by atoms with E-state index in [-0.39, 0.29) is 22.8 Å². The van der Waals surface area contributed by atoms with E-state index >= 15 is 0 Å². The maximum atomic E-state index is 14.0. The van der Waals surface area contributed by atoms with Crippen molar-refractivity contribution in [1.29, 1.82) is 0 Å². The molecule has 2 saturated heterocycles. The molecule has 0 unspecified atom stereocenters. The van der Waals surface area contributed by atoms with Crippen molar-refractivity contribution in [3.05, 3.63) is 58.6 Å². The first kappa shape index (κ1) is 21.9. The third kappa shape index (κ3) is 3.55. The molecule has 170 valence electrons. The molecule has 2 fully saturated rings. The Labute approximate surface area is 194 Å². The predicted octanol–water partition coefficient (Wildman–Crippen LogP) is 3.64. The Balaban J connectivity index is 1.50. The summed E-state index contributed by atoms with van der Waals surface area (Å²) in [5.41, 5.74) is 3.33. The Bertz CT molecular complexity index is 1150. The van der Waals surface area contributed by atoms with Crippen molar-refractivity contribution in [2.45, 2.75) is 49.1 Å². The van der Waals surface area contributed by atoms with Gasteiger partial charge in [-0.15, -0.1) is 0 Å². The zero-order valence-corrected chi connectivity index (χ0v) is 19.9. The first-order chi connectivity index (χ1) is 15.3. The van der Waals surface area contributed by atoms with Crippen LogP contribution >= 0.6 is 11.6 Å². The van der Waals surface area contributed by atoms with Crippen molar-refractivity contribution in [1.82, 2.24) is 9.21 Å². The second-order valence-electron chi connectivity index (χ2n) is 9.22. The highest BCUT2D eigenvalue weighted by Gasteiger charge is 2.48. The van der Waals surface area contributed by atoms with Gasteiger partial charge in [-0.3, -0.25) is 4.79 Å². The van der Waals surface area contributed by atoms with Gasteiger partial charge >= 0.3 is 0 Å². The monoisotopic (exact) mass is 473 g/mol. The minimum atomic E-state index is -3.78. The average Bonchev–Trinajstić information content (AvgIpc) is 3.37. The van der Waals surface area contributed by atoms with Crippen LogP contribution in [-0.2, 0) is 14.8 Å². The SMILES string of the molecule is Cc1ccc2c(c1)[C@@H]1CN(C)CC[C@H]1N2C(=O)[C@@H]1CCCN1S(=O)(=O)c1ccc(Cl)cc1. The number of likely N-dealkylation sites (tertiary alicyclic amines) is 1. The maximum absolute atomic E-state index is 14.0. The molecule has 0 saturated carbocycles. The van der Waals surface area contributed by atoms with E-state index in [2.05, 4.69) is 24.9 Å². The molecule has 0 N–H and O–H groups in total. The van der Waals surface area contributed by atoms with Crippen LogP contribution in [0.1, 0.15) is 36.3 Å². The van der Waals surface area contributed by atoms with Crippen molar-refractivity contribution in [2.75, 3.05) is 31.6 Å². The molecule has 3 aliphatic rings. The number of aryl methyl sites for hydroxylation is 1. The average molecular weight is 474 g/mol. The number of carbonyl (C=O) groups is 1. The number of rotatable bonds is 3. The van der Waals surface area contributed by atoms with Crippen molar-refractivity contribution >= 4 is 33.2 Å². The van der Waals surface area contributed by atoms with E-state index in [4.69, 9.17) is 11.6 Å². The lowest BCUT2D eigenvalue weighted by Gasteiger charge is -2.38. The molecule has 0 aliphatic carbocycles. The molecule has 8 heteroatoms. The normalized spacial score (nSPS) is 26.2. The highest BCUT2D eigenvalue weighted by molar-refractivity contribution is 7.89. The molecule has 3 atom stereocenters. The summed E-state index contributed by atoms with van der Waals surface area (Å²) in [4.78, 5) is 18.4. The fourth-order valence-electron chi connectivity index (χ4n) is 5.55. The minimum absolute atomic E-state index is 0.0798. The molecule has 2 aromatic rings. The second-order valence-corrected chi connectivity index (χ2v) is 11.5. The third-order valence-electron chi connectivity index (χ3n) is 7.10. The van der Waals surface area contributed by atoms with Gasteiger partial charge in [-0.05, 0) is 75.7 Å². The number of carbonyl (C=O) groups excluding carboxylic acids is 1. The van der Waals surface area contributed by atoms with Crippen molar-refractivity contribution in [3.63, 3.8) is 0 Å². The van der Waals surface area contributed by atoms with Gasteiger partial charge in [0.2, 0.25) is 15.9 Å². The van der Waals surface area contributed by atoms with Gasteiger partial charge in [-0.2, -0.15) is 4.31 Å². The van der Waals surface area contributed by atoms with Crippen LogP contribution in [0.25, 0.3) is 0 Å². The van der Waals surface area contributed by atoms with Crippen LogP contribution in [0.4, 0.5) is 5.69 Å². The molecule has 0 bridgehead atoms. The van der Waals surface area contributed by atoms with Gasteiger partial charge in [0.05, 0.1) is 4.90 Å². The van der Waals surface area contributed by atoms with Crippen molar-refractivity contribution in [2.24, 2.45) is 0 Å². The summed E-state index contributed by atoms with van der Waals surface area (Å²) in [6, 6.07) is 11.8. The quantitative estimate of drug-likeness (QED) is 0.682. The molecule has 3 heterocycles. The van der Waals surface area contributed by atoms with Crippen LogP contribution in [-0.4, -0.2) is 62.3 Å². The Morgan fingerprint density at radius 1 is 1.06 bits per heavy atom. The summed E-state index contributed by atoms with van der Waals surface area (Å²) in [6.45, 7) is 4.26. The fraction of sp³-hybridized carbons (Fsp3) is 0.458. The van der Waals surface area contributed by atoms with Gasteiger partial charge in [0.15, 0.2) is 0 Å². The number of halogens is 1. The Morgan fingerprint density at radius 2 is 1.81 bits per heavy atom. The lowest BCUT2D eigenvalue weighted by molar-refractivity contribution is -0.122. The Kier molecular flexibility index (Phi) is 5.56. The molecular weight excluding hydrogens is 446 g/mol. The molecular formula is C24H28ClN3O3S. The molecule has 1 amide bonds. The smallest absolute Gasteiger partial charge is 0.245 e. The van der Waals surface area contributed by atoms with E-state index in [0.29, 0.717) is 24.4 Å². The van der Waals surface area contributed by atoms with Gasteiger partial charge in [0.1, 0.15) is 6.04 Å². The lowest BCUT2D eigenvalue weighted by Crippen LogP contribution is -2.53. The molecule has 3 aliphatic heterocycles. The largest absolute Gasteiger partial charge is 0.307 e. The van der Waals surface area contributed by atoms with Crippen LogP contribution in [0.3, 0.4) is 0 Å². The van der Waals surface area contributed by atoms with E-state index in [0.717, 1.165) is 25.2 Å². The van der Waals surface area contributed by atoms with Crippen LogP contribution in [0.2, 0.25) is 5.02 Å². The number of anilines is 1. The summed E-state index contributed by atoms with van der Waals surface area (Å²) in [6.07, 6.45) is 2.10. The number of hydrogen-bond acceptors (Lipinski definition) is 4. The van der Waals surface area contributed by atoms with Crippen LogP contribution in [0.5, 0.6) is 0 Å². The van der Waals surface area contributed by atoms with Gasteiger partial charge in [0, 0.05) is 35.8 Å². The highest BCUT2D eigenvalue weighted by Crippen LogP contribution is 2.46. The van der Waals surface area contributed by atoms with Crippen LogP contribution < -0.4 is 4.90 Å². The summed E-state index contributed by atoms with van der Waals surface area (Å²) in [5, 5.41) is 0.482. The van der Waals surface area contributed by atoms with E-state index in [9.17, 15) is 13.2 Å². The van der Waals surface area contributed by atoms with Gasteiger partial charge in [-0.25, -0.2) is 8.42 Å². The van der Waals surface area contributed by atoms with Crippen molar-refractivity contribution < 1.29 is 13.2 Å². The minimum Gasteiger partial charge on any atom is -0.307 e. The number of fused-ring (bicyclic) bond motifs is 3. The Morgan fingerprint density at radius 3 is 2.56 bits per heavy atom. The highest BCUT2D eigenvalue weighted by atomic mass is 35.5. The molecule has 6 nitrogen and oxygen atoms in total. The number of sulfonamides is 1. The number of amides is 1. The number of likely N-dealkylation sites (N-methyl/N-ethyl adjacent to an activating group) is 1. The molecule has 0 spiro atoms. The number of benzene rings is 2. The first-order valence-corrected chi connectivity index (χ1v) is 13.0. The van der Waals surface area contributed by atoms with E-state index in [1.807, 2.05) is 17.0 Å². The zero-order chi connectivity index (χ0) is 22.6. The van der Waals surface area contributed by atoms with Gasteiger partial charge < -0.3 is 9.80 Å². The molecule has 0 aromatic heterocycles. The maximum Gasteiger partial charge on any atom is 0.245 e. The van der Waals surface area contributed by atoms with E-state index in [1.165, 1.54) is 27.6 Å². The second kappa shape index (κ2) is 8.13. The topological polar surface area (TPSA) is 60.9 Å². The first-order valence-electron chi connectivity index (χ1n) is 11.2. The summed E-state index contributed by atoms with van der Waals surface area (Å²) in [5.74, 6) is 0.164. The molecule has 0 radical (unpaired) electrons. The van der Waals surface area contributed by atoms with Crippen LogP contribution in [0.15, 0.2) is 47.4 Å². The van der Waals surface area contributed by atoms with Crippen LogP contribution in [0, 0.1) is 6.92 Å². The molecule has 2 aromatic carbocycles. The van der Waals surface area contributed by atoms with Gasteiger partial charge in [0.25, 0.3) is 0 Å². The number of hydrogen-bond donors (Lipinski definition) is 0. The van der Waals surface area contributed by atoms with Gasteiger partial charge in [-0.1, -0.05) is 29.3 Å². The lowest BCUT2D eigenvalue weighted by atomic mass is 9.88. The van der Waals surface area contributed by atoms with Crippen molar-refractivity contribution in [3.8, 4) is 0 Å². The van der Waals surface area contributed by atoms with E-state index in [1.54, 1.807) is 12.1 Å². The molecule has 5 rings (SSSR count). The summed E-state index contributed by atoms with van der Waals surface area (Å²) in [7, 11) is -1.66. The van der Waals surface area contributed by atoms with E-state index < -0.39 is 16.1 Å². The molecule has 32 heavy (non-hydrogen) atoms. The predicted molar refractivity (Wildman–Crippen MR) is 126 cm³/mol. The zero-order valence-electron chi connectivity index (χ0n) is 18.4. The third-order valence-corrected chi connectivity index (χ3v) is 9.27. The fourth-order valence-corrected chi connectivity index (χ4v) is 7.32. The summed E-state index contributed by atoms with van der Waals surface area (Å²) >= 11 is 5.95. The Hall–Kier alpha value is -1.93.